The lowest BCUT2D eigenvalue weighted by atomic mass is 9.81. The van der Waals surface area contributed by atoms with Crippen molar-refractivity contribution in [2.75, 3.05) is 0 Å². The first-order valence-electron chi connectivity index (χ1n) is 6.19. The summed E-state index contributed by atoms with van der Waals surface area (Å²) < 4.78 is 0. The summed E-state index contributed by atoms with van der Waals surface area (Å²) >= 11 is 6.21. The van der Waals surface area contributed by atoms with Crippen molar-refractivity contribution >= 4 is 11.6 Å². The molecule has 0 aliphatic carbocycles. The minimum Gasteiger partial charge on any atom is -0.318 e. The van der Waals surface area contributed by atoms with Crippen molar-refractivity contribution in [2.45, 2.75) is 25.8 Å². The lowest BCUT2D eigenvalue weighted by molar-refractivity contribution is 0.519. The Morgan fingerprint density at radius 2 is 1.72 bits per heavy atom. The summed E-state index contributed by atoms with van der Waals surface area (Å²) in [7, 11) is 0. The van der Waals surface area contributed by atoms with E-state index >= 15 is 0 Å². The molecule has 1 nitrogen and oxygen atoms in total. The predicted molar refractivity (Wildman–Crippen MR) is 77.9 cm³/mol. The average Bonchev–Trinajstić information content (AvgIpc) is 2.42. The van der Waals surface area contributed by atoms with Gasteiger partial charge < -0.3 is 5.73 Å². The summed E-state index contributed by atoms with van der Waals surface area (Å²) in [5.41, 5.74) is 9.38. The largest absolute Gasteiger partial charge is 0.318 e. The van der Waals surface area contributed by atoms with Crippen molar-refractivity contribution in [3.8, 4) is 0 Å². The molecule has 0 saturated heterocycles. The first-order chi connectivity index (χ1) is 8.58. The number of hydrogen-bond donors (Lipinski definition) is 1. The molecule has 0 heterocycles. The number of benzene rings is 2. The third kappa shape index (κ3) is 2.29. The van der Waals surface area contributed by atoms with E-state index in [9.17, 15) is 0 Å². The molecule has 2 aromatic rings. The molecule has 0 aromatic heterocycles. The fraction of sp³-hybridized carbons (Fsp3) is 0.250. The van der Waals surface area contributed by atoms with Gasteiger partial charge in [-0.1, -0.05) is 61.0 Å². The van der Waals surface area contributed by atoms with Crippen LogP contribution in [0.25, 0.3) is 0 Å². The second-order valence-corrected chi connectivity index (χ2v) is 5.06. The molecule has 0 radical (unpaired) electrons. The zero-order valence-corrected chi connectivity index (χ0v) is 11.5. The first-order valence-corrected chi connectivity index (χ1v) is 6.56. The molecular formula is C16H18ClN. The quantitative estimate of drug-likeness (QED) is 0.876. The van der Waals surface area contributed by atoms with Crippen molar-refractivity contribution in [3.63, 3.8) is 0 Å². The van der Waals surface area contributed by atoms with Crippen molar-refractivity contribution in [3.05, 3.63) is 70.2 Å². The van der Waals surface area contributed by atoms with Crippen LogP contribution in [0.4, 0.5) is 0 Å². The maximum atomic E-state index is 6.60. The van der Waals surface area contributed by atoms with Crippen LogP contribution >= 0.6 is 11.6 Å². The van der Waals surface area contributed by atoms with Gasteiger partial charge in [-0.05, 0) is 36.1 Å². The normalized spacial score (nSPS) is 14.2. The molecule has 1 atom stereocenters. The molecule has 0 bridgehead atoms. The van der Waals surface area contributed by atoms with E-state index < -0.39 is 5.54 Å². The smallest absolute Gasteiger partial charge is 0.0663 e. The van der Waals surface area contributed by atoms with E-state index in [2.05, 4.69) is 25.1 Å². The number of aryl methyl sites for hydroxylation is 1. The van der Waals surface area contributed by atoms with Crippen molar-refractivity contribution in [1.82, 2.24) is 0 Å². The molecule has 2 aromatic carbocycles. The minimum atomic E-state index is -0.474. The van der Waals surface area contributed by atoms with Gasteiger partial charge in [-0.3, -0.25) is 0 Å². The van der Waals surface area contributed by atoms with E-state index in [0.29, 0.717) is 0 Å². The van der Waals surface area contributed by atoms with Crippen LogP contribution in [-0.2, 0) is 5.54 Å². The van der Waals surface area contributed by atoms with Crippen molar-refractivity contribution in [1.29, 1.82) is 0 Å². The van der Waals surface area contributed by atoms with Crippen LogP contribution in [0.5, 0.6) is 0 Å². The molecule has 0 saturated carbocycles. The topological polar surface area (TPSA) is 26.0 Å². The number of hydrogen-bond acceptors (Lipinski definition) is 1. The van der Waals surface area contributed by atoms with Gasteiger partial charge in [-0.2, -0.15) is 0 Å². The molecule has 18 heavy (non-hydrogen) atoms. The van der Waals surface area contributed by atoms with Gasteiger partial charge >= 0.3 is 0 Å². The van der Waals surface area contributed by atoms with Gasteiger partial charge in [-0.25, -0.2) is 0 Å². The zero-order chi connectivity index (χ0) is 13.2. The average molecular weight is 260 g/mol. The van der Waals surface area contributed by atoms with Gasteiger partial charge in [0.25, 0.3) is 0 Å². The molecule has 0 spiro atoms. The Kier molecular flexibility index (Phi) is 3.74. The monoisotopic (exact) mass is 259 g/mol. The summed E-state index contributed by atoms with van der Waals surface area (Å²) in [6.45, 7) is 4.10. The van der Waals surface area contributed by atoms with Crippen LogP contribution in [0.15, 0.2) is 48.5 Å². The highest BCUT2D eigenvalue weighted by Gasteiger charge is 2.27. The summed E-state index contributed by atoms with van der Waals surface area (Å²) in [5, 5.41) is 0.770. The SMILES string of the molecule is CCC(N)(c1ccccc1)c1ccc(C)c(Cl)c1. The molecule has 2 N–H and O–H groups in total. The molecule has 0 fully saturated rings. The highest BCUT2D eigenvalue weighted by Crippen LogP contribution is 2.32. The Morgan fingerprint density at radius 3 is 2.28 bits per heavy atom. The Hall–Kier alpha value is -1.31. The van der Waals surface area contributed by atoms with E-state index in [1.54, 1.807) is 0 Å². The molecule has 0 aliphatic heterocycles. The second-order valence-electron chi connectivity index (χ2n) is 4.65. The van der Waals surface area contributed by atoms with Crippen LogP contribution < -0.4 is 5.73 Å². The molecule has 94 valence electrons. The number of halogens is 1. The third-order valence-electron chi connectivity index (χ3n) is 3.53. The minimum absolute atomic E-state index is 0.474. The highest BCUT2D eigenvalue weighted by molar-refractivity contribution is 6.31. The summed E-state index contributed by atoms with van der Waals surface area (Å²) in [6.07, 6.45) is 0.830. The van der Waals surface area contributed by atoms with E-state index in [1.165, 1.54) is 0 Å². The lowest BCUT2D eigenvalue weighted by Gasteiger charge is -2.30. The third-order valence-corrected chi connectivity index (χ3v) is 3.94. The van der Waals surface area contributed by atoms with Crippen LogP contribution in [0.3, 0.4) is 0 Å². The Balaban J connectivity index is 2.53. The summed E-state index contributed by atoms with van der Waals surface area (Å²) in [6, 6.07) is 16.2. The molecule has 0 aliphatic rings. The molecule has 0 amide bonds. The Bertz CT molecular complexity index is 536. The molecule has 2 rings (SSSR count). The van der Waals surface area contributed by atoms with Crippen LogP contribution in [0.1, 0.15) is 30.0 Å². The van der Waals surface area contributed by atoms with Gasteiger partial charge in [-0.15, -0.1) is 0 Å². The van der Waals surface area contributed by atoms with Crippen molar-refractivity contribution < 1.29 is 0 Å². The van der Waals surface area contributed by atoms with E-state index in [0.717, 1.165) is 28.1 Å². The summed E-state index contributed by atoms with van der Waals surface area (Å²) in [5.74, 6) is 0. The first kappa shape index (κ1) is 13.1. The van der Waals surface area contributed by atoms with Gasteiger partial charge in [0.2, 0.25) is 0 Å². The Labute approximate surface area is 114 Å². The molecule has 1 unspecified atom stereocenters. The van der Waals surface area contributed by atoms with E-state index in [4.69, 9.17) is 17.3 Å². The standard InChI is InChI=1S/C16H18ClN/c1-3-16(18,13-7-5-4-6-8-13)14-10-9-12(2)15(17)11-14/h4-11H,3,18H2,1-2H3. The van der Waals surface area contributed by atoms with Gasteiger partial charge in [0, 0.05) is 5.02 Å². The maximum absolute atomic E-state index is 6.60. The zero-order valence-electron chi connectivity index (χ0n) is 10.8. The van der Waals surface area contributed by atoms with E-state index in [1.807, 2.05) is 37.3 Å². The Morgan fingerprint density at radius 1 is 1.06 bits per heavy atom. The number of rotatable bonds is 3. The predicted octanol–water partition coefficient (Wildman–Crippen LogP) is 4.26. The van der Waals surface area contributed by atoms with E-state index in [-0.39, 0.29) is 0 Å². The fourth-order valence-corrected chi connectivity index (χ4v) is 2.36. The summed E-state index contributed by atoms with van der Waals surface area (Å²) in [4.78, 5) is 0. The molecular weight excluding hydrogens is 242 g/mol. The van der Waals surface area contributed by atoms with Crippen LogP contribution in [-0.4, -0.2) is 0 Å². The van der Waals surface area contributed by atoms with Crippen LogP contribution in [0.2, 0.25) is 5.02 Å². The van der Waals surface area contributed by atoms with Gasteiger partial charge in [0.05, 0.1) is 5.54 Å². The fourth-order valence-electron chi connectivity index (χ4n) is 2.18. The maximum Gasteiger partial charge on any atom is 0.0663 e. The molecule has 2 heteroatoms. The van der Waals surface area contributed by atoms with Crippen LogP contribution in [0, 0.1) is 6.92 Å². The number of nitrogens with two attached hydrogens (primary N) is 1. The van der Waals surface area contributed by atoms with Gasteiger partial charge in [0.1, 0.15) is 0 Å². The second kappa shape index (κ2) is 5.13. The lowest BCUT2D eigenvalue weighted by Crippen LogP contribution is -2.37. The van der Waals surface area contributed by atoms with Gasteiger partial charge in [0.15, 0.2) is 0 Å². The highest BCUT2D eigenvalue weighted by atomic mass is 35.5. The van der Waals surface area contributed by atoms with Crippen molar-refractivity contribution in [2.24, 2.45) is 5.73 Å².